The fraction of sp³-hybridized carbons (Fsp3) is 0. The lowest BCUT2D eigenvalue weighted by molar-refractivity contribution is 0.393. The first-order valence-corrected chi connectivity index (χ1v) is 3.77. The van der Waals surface area contributed by atoms with E-state index in [9.17, 15) is 10.2 Å². The quantitative estimate of drug-likeness (QED) is 0.594. The van der Waals surface area contributed by atoms with E-state index in [1.807, 2.05) is 0 Å². The van der Waals surface area contributed by atoms with Gasteiger partial charge in [-0.15, -0.1) is 0 Å². The highest BCUT2D eigenvalue weighted by molar-refractivity contribution is 5.66. The number of rotatable bonds is 0. The second kappa shape index (κ2) is 2.55. The Labute approximate surface area is 75.2 Å². The zero-order chi connectivity index (χ0) is 9.42. The van der Waals surface area contributed by atoms with Gasteiger partial charge in [0.1, 0.15) is 11.5 Å². The van der Waals surface area contributed by atoms with Crippen molar-refractivity contribution >= 4 is 6.08 Å². The predicted octanol–water partition coefficient (Wildman–Crippen LogP) is 2.02. The number of aromatic hydroxyl groups is 2. The number of ether oxygens (including phenoxy) is 1. The maximum Gasteiger partial charge on any atom is 0.161 e. The SMILES string of the molecule is C=C1C=Cc2cc(O)c(O)cc2O1. The molecule has 3 heteroatoms. The predicted molar refractivity (Wildman–Crippen MR) is 48.6 cm³/mol. The molecule has 1 aromatic rings. The van der Waals surface area contributed by atoms with Crippen LogP contribution >= 0.6 is 0 Å². The van der Waals surface area contributed by atoms with Crippen molar-refractivity contribution in [2.75, 3.05) is 0 Å². The number of fused-ring (bicyclic) bond motifs is 1. The summed E-state index contributed by atoms with van der Waals surface area (Å²) in [6.45, 7) is 3.61. The first kappa shape index (κ1) is 7.73. The van der Waals surface area contributed by atoms with E-state index >= 15 is 0 Å². The van der Waals surface area contributed by atoms with Gasteiger partial charge in [-0.05, 0) is 18.2 Å². The lowest BCUT2D eigenvalue weighted by atomic mass is 10.1. The minimum Gasteiger partial charge on any atom is -0.504 e. The first-order chi connectivity index (χ1) is 6.16. The van der Waals surface area contributed by atoms with Gasteiger partial charge >= 0.3 is 0 Å². The number of phenols is 2. The molecule has 13 heavy (non-hydrogen) atoms. The van der Waals surface area contributed by atoms with Gasteiger partial charge in [0.2, 0.25) is 0 Å². The largest absolute Gasteiger partial charge is 0.504 e. The number of allylic oxidation sites excluding steroid dienone is 1. The van der Waals surface area contributed by atoms with Crippen molar-refractivity contribution in [1.82, 2.24) is 0 Å². The normalized spacial score (nSPS) is 13.7. The van der Waals surface area contributed by atoms with Crippen LogP contribution in [-0.2, 0) is 0 Å². The van der Waals surface area contributed by atoms with Gasteiger partial charge in [-0.2, -0.15) is 0 Å². The summed E-state index contributed by atoms with van der Waals surface area (Å²) in [6.07, 6.45) is 3.46. The standard InChI is InChI=1S/C10H8O3/c1-6-2-3-7-4-8(11)9(12)5-10(7)13-6/h2-5,11-12H,1H2. The van der Waals surface area contributed by atoms with Gasteiger partial charge in [-0.25, -0.2) is 0 Å². The molecule has 0 atom stereocenters. The van der Waals surface area contributed by atoms with Crippen molar-refractivity contribution in [3.05, 3.63) is 36.1 Å². The highest BCUT2D eigenvalue weighted by Crippen LogP contribution is 2.36. The Bertz CT molecular complexity index is 405. The molecule has 0 saturated carbocycles. The number of hydrogen-bond acceptors (Lipinski definition) is 3. The van der Waals surface area contributed by atoms with Gasteiger partial charge in [0.15, 0.2) is 11.5 Å². The Hall–Kier alpha value is -1.90. The lowest BCUT2D eigenvalue weighted by Crippen LogP contribution is -1.96. The summed E-state index contributed by atoms with van der Waals surface area (Å²) in [4.78, 5) is 0. The minimum atomic E-state index is -0.193. The number of phenolic OH excluding ortho intramolecular Hbond substituents is 2. The van der Waals surface area contributed by atoms with Crippen molar-refractivity contribution in [2.45, 2.75) is 0 Å². The third-order valence-corrected chi connectivity index (χ3v) is 1.80. The van der Waals surface area contributed by atoms with E-state index in [-0.39, 0.29) is 11.5 Å². The van der Waals surface area contributed by atoms with Crippen LogP contribution in [-0.4, -0.2) is 10.2 Å². The van der Waals surface area contributed by atoms with Crippen molar-refractivity contribution in [1.29, 1.82) is 0 Å². The number of benzene rings is 1. The fourth-order valence-electron chi connectivity index (χ4n) is 1.15. The molecule has 0 saturated heterocycles. The molecule has 0 fully saturated rings. The van der Waals surface area contributed by atoms with Crippen LogP contribution in [0.15, 0.2) is 30.5 Å². The van der Waals surface area contributed by atoms with Crippen LogP contribution in [0.3, 0.4) is 0 Å². The van der Waals surface area contributed by atoms with Gasteiger partial charge in [0.05, 0.1) is 0 Å². The van der Waals surface area contributed by atoms with Crippen LogP contribution in [0.2, 0.25) is 0 Å². The molecule has 0 spiro atoms. The van der Waals surface area contributed by atoms with Crippen molar-refractivity contribution < 1.29 is 14.9 Å². The summed E-state index contributed by atoms with van der Waals surface area (Å²) in [6, 6.07) is 2.80. The molecule has 2 N–H and O–H groups in total. The van der Waals surface area contributed by atoms with Crippen LogP contribution in [0.25, 0.3) is 6.08 Å². The highest BCUT2D eigenvalue weighted by Gasteiger charge is 2.11. The first-order valence-electron chi connectivity index (χ1n) is 3.77. The zero-order valence-electron chi connectivity index (χ0n) is 6.82. The third kappa shape index (κ3) is 1.24. The average molecular weight is 176 g/mol. The van der Waals surface area contributed by atoms with E-state index in [0.29, 0.717) is 11.5 Å². The van der Waals surface area contributed by atoms with Crippen molar-refractivity contribution in [3.8, 4) is 17.2 Å². The summed E-state index contributed by atoms with van der Waals surface area (Å²) >= 11 is 0. The van der Waals surface area contributed by atoms with E-state index in [2.05, 4.69) is 6.58 Å². The van der Waals surface area contributed by atoms with Gasteiger partial charge in [-0.1, -0.05) is 6.58 Å². The van der Waals surface area contributed by atoms with E-state index in [1.54, 1.807) is 12.2 Å². The highest BCUT2D eigenvalue weighted by atomic mass is 16.5. The van der Waals surface area contributed by atoms with E-state index in [1.165, 1.54) is 12.1 Å². The summed E-state index contributed by atoms with van der Waals surface area (Å²) in [5.41, 5.74) is 0.725. The minimum absolute atomic E-state index is 0.153. The lowest BCUT2D eigenvalue weighted by Gasteiger charge is -2.14. The van der Waals surface area contributed by atoms with Crippen molar-refractivity contribution in [2.24, 2.45) is 0 Å². The molecule has 0 aromatic heterocycles. The molecule has 1 aromatic carbocycles. The van der Waals surface area contributed by atoms with Crippen LogP contribution in [0.1, 0.15) is 5.56 Å². The molecule has 0 aliphatic carbocycles. The Morgan fingerprint density at radius 3 is 2.54 bits per heavy atom. The molecule has 0 amide bonds. The van der Waals surface area contributed by atoms with Crippen LogP contribution in [0.4, 0.5) is 0 Å². The maximum absolute atomic E-state index is 9.18. The molecule has 0 bridgehead atoms. The zero-order valence-corrected chi connectivity index (χ0v) is 6.82. The number of hydrogen-bond donors (Lipinski definition) is 2. The van der Waals surface area contributed by atoms with E-state index in [0.717, 1.165) is 5.56 Å². The van der Waals surface area contributed by atoms with Crippen LogP contribution < -0.4 is 4.74 Å². The second-order valence-electron chi connectivity index (χ2n) is 2.78. The Balaban J connectivity index is 2.58. The van der Waals surface area contributed by atoms with E-state index < -0.39 is 0 Å². The topological polar surface area (TPSA) is 49.7 Å². The molecule has 0 unspecified atom stereocenters. The molecule has 1 aliphatic heterocycles. The molecular weight excluding hydrogens is 168 g/mol. The molecule has 1 aliphatic rings. The van der Waals surface area contributed by atoms with Crippen LogP contribution in [0.5, 0.6) is 17.2 Å². The molecule has 66 valence electrons. The summed E-state index contributed by atoms with van der Waals surface area (Å²) in [5.74, 6) is 0.668. The summed E-state index contributed by atoms with van der Waals surface area (Å²) in [7, 11) is 0. The molecular formula is C10H8O3. The van der Waals surface area contributed by atoms with E-state index in [4.69, 9.17) is 4.74 Å². The molecule has 2 rings (SSSR count). The molecule has 1 heterocycles. The molecule has 3 nitrogen and oxygen atoms in total. The molecule has 0 radical (unpaired) electrons. The summed E-state index contributed by atoms with van der Waals surface area (Å²) in [5, 5.41) is 18.4. The van der Waals surface area contributed by atoms with Gasteiger partial charge in [0.25, 0.3) is 0 Å². The fourth-order valence-corrected chi connectivity index (χ4v) is 1.15. The van der Waals surface area contributed by atoms with Gasteiger partial charge < -0.3 is 14.9 Å². The monoisotopic (exact) mass is 176 g/mol. The average Bonchev–Trinajstić information content (AvgIpc) is 2.08. The summed E-state index contributed by atoms with van der Waals surface area (Å²) < 4.78 is 5.22. The van der Waals surface area contributed by atoms with Crippen molar-refractivity contribution in [3.63, 3.8) is 0 Å². The van der Waals surface area contributed by atoms with Crippen LogP contribution in [0, 0.1) is 0 Å². The smallest absolute Gasteiger partial charge is 0.161 e. The Morgan fingerprint density at radius 1 is 1.08 bits per heavy atom. The Morgan fingerprint density at radius 2 is 1.77 bits per heavy atom. The van der Waals surface area contributed by atoms with Gasteiger partial charge in [0, 0.05) is 11.6 Å². The third-order valence-electron chi connectivity index (χ3n) is 1.80. The maximum atomic E-state index is 9.18. The van der Waals surface area contributed by atoms with Gasteiger partial charge in [-0.3, -0.25) is 0 Å². The Kier molecular flexibility index (Phi) is 1.52. The second-order valence-corrected chi connectivity index (χ2v) is 2.78.